The Hall–Kier alpha value is -2.35. The summed E-state index contributed by atoms with van der Waals surface area (Å²) in [5.41, 5.74) is 2.16. The van der Waals surface area contributed by atoms with Gasteiger partial charge in [-0.05, 0) is 52.7 Å². The molecule has 2 N–H and O–H groups in total. The van der Waals surface area contributed by atoms with Gasteiger partial charge < -0.3 is 20.1 Å². The molecule has 8 heteroatoms. The van der Waals surface area contributed by atoms with Gasteiger partial charge in [0.25, 0.3) is 0 Å². The predicted octanol–water partition coefficient (Wildman–Crippen LogP) is 4.42. The van der Waals surface area contributed by atoms with Crippen molar-refractivity contribution in [1.29, 1.82) is 0 Å². The van der Waals surface area contributed by atoms with Crippen LogP contribution in [0.3, 0.4) is 0 Å². The molecule has 0 fully saturated rings. The van der Waals surface area contributed by atoms with Crippen molar-refractivity contribution in [3.63, 3.8) is 0 Å². The number of nitrogens with one attached hydrogen (secondary N) is 2. The van der Waals surface area contributed by atoms with Gasteiger partial charge in [0.05, 0.1) is 19.3 Å². The summed E-state index contributed by atoms with van der Waals surface area (Å²) in [5.74, 6) is -0.209. The van der Waals surface area contributed by atoms with Crippen molar-refractivity contribution in [3.8, 4) is 11.5 Å². The number of alkyl halides is 2. The molecule has 0 atom stereocenters. The summed E-state index contributed by atoms with van der Waals surface area (Å²) in [5, 5.41) is 5.61. The van der Waals surface area contributed by atoms with E-state index in [9.17, 15) is 13.6 Å². The Morgan fingerprint density at radius 2 is 1.96 bits per heavy atom. The number of hydrogen-bond donors (Lipinski definition) is 2. The second-order valence-electron chi connectivity index (χ2n) is 5.13. The third-order valence-corrected chi connectivity index (χ3v) is 3.89. The first kappa shape index (κ1) is 19.0. The molecule has 0 aliphatic carbocycles. The van der Waals surface area contributed by atoms with E-state index >= 15 is 0 Å². The van der Waals surface area contributed by atoms with Crippen LogP contribution in [0.4, 0.5) is 20.2 Å². The monoisotopic (exact) mass is 414 g/mol. The van der Waals surface area contributed by atoms with Gasteiger partial charge in [-0.25, -0.2) is 0 Å². The molecule has 0 radical (unpaired) electrons. The molecule has 0 unspecified atom stereocenters. The smallest absolute Gasteiger partial charge is 0.387 e. The number of benzene rings is 2. The summed E-state index contributed by atoms with van der Waals surface area (Å²) in [6.07, 6.45) is 0. The maximum absolute atomic E-state index is 12.4. The largest absolute Gasteiger partial charge is 0.493 e. The zero-order valence-electron chi connectivity index (χ0n) is 13.6. The number of rotatable bonds is 7. The summed E-state index contributed by atoms with van der Waals surface area (Å²) < 4.78 is 35.0. The summed E-state index contributed by atoms with van der Waals surface area (Å²) in [4.78, 5) is 12.0. The Bertz CT molecular complexity index is 757. The van der Waals surface area contributed by atoms with Crippen LogP contribution in [0.25, 0.3) is 0 Å². The molecule has 134 valence electrons. The number of amides is 1. The predicted molar refractivity (Wildman–Crippen MR) is 95.6 cm³/mol. The lowest BCUT2D eigenvalue weighted by Gasteiger charge is -2.13. The minimum Gasteiger partial charge on any atom is -0.493 e. The normalized spacial score (nSPS) is 10.5. The molecule has 2 aromatic rings. The molecular formula is C17H17BrF2N2O3. The van der Waals surface area contributed by atoms with Gasteiger partial charge in [0.1, 0.15) is 0 Å². The Morgan fingerprint density at radius 1 is 1.20 bits per heavy atom. The van der Waals surface area contributed by atoms with Gasteiger partial charge in [-0.3, -0.25) is 4.79 Å². The molecule has 0 saturated heterocycles. The van der Waals surface area contributed by atoms with E-state index in [1.54, 1.807) is 12.1 Å². The maximum Gasteiger partial charge on any atom is 0.387 e. The first-order valence-corrected chi connectivity index (χ1v) is 8.11. The third-order valence-electron chi connectivity index (χ3n) is 3.23. The van der Waals surface area contributed by atoms with Crippen LogP contribution in [-0.4, -0.2) is 26.2 Å². The van der Waals surface area contributed by atoms with Crippen molar-refractivity contribution < 1.29 is 23.0 Å². The molecule has 2 aromatic carbocycles. The fourth-order valence-corrected chi connectivity index (χ4v) is 2.67. The molecule has 1 amide bonds. The van der Waals surface area contributed by atoms with E-state index in [0.717, 1.165) is 10.0 Å². The molecule has 0 aromatic heterocycles. The fraction of sp³-hybridized carbons (Fsp3) is 0.235. The zero-order valence-corrected chi connectivity index (χ0v) is 15.2. The molecule has 0 aliphatic rings. The van der Waals surface area contributed by atoms with Gasteiger partial charge >= 0.3 is 6.61 Å². The van der Waals surface area contributed by atoms with E-state index in [1.165, 1.54) is 19.2 Å². The third kappa shape index (κ3) is 5.60. The molecule has 0 saturated carbocycles. The van der Waals surface area contributed by atoms with Crippen LogP contribution in [0.2, 0.25) is 0 Å². The van der Waals surface area contributed by atoms with E-state index in [1.807, 2.05) is 19.1 Å². The van der Waals surface area contributed by atoms with E-state index in [4.69, 9.17) is 4.74 Å². The molecule has 0 heterocycles. The lowest BCUT2D eigenvalue weighted by Crippen LogP contribution is -2.22. The first-order valence-electron chi connectivity index (χ1n) is 7.31. The number of anilines is 2. The molecule has 0 spiro atoms. The lowest BCUT2D eigenvalue weighted by atomic mass is 10.2. The van der Waals surface area contributed by atoms with E-state index < -0.39 is 6.61 Å². The maximum atomic E-state index is 12.4. The van der Waals surface area contributed by atoms with Gasteiger partial charge in [-0.15, -0.1) is 0 Å². The van der Waals surface area contributed by atoms with Gasteiger partial charge in [0.2, 0.25) is 5.91 Å². The molecule has 0 bridgehead atoms. The SMILES string of the molecule is COc1ccc(NCC(=O)Nc2ccc(C)cc2Br)cc1OC(F)F. The van der Waals surface area contributed by atoms with Crippen molar-refractivity contribution in [3.05, 3.63) is 46.4 Å². The fourth-order valence-electron chi connectivity index (χ4n) is 2.07. The lowest BCUT2D eigenvalue weighted by molar-refractivity contribution is -0.114. The quantitative estimate of drug-likeness (QED) is 0.703. The highest BCUT2D eigenvalue weighted by Gasteiger charge is 2.12. The topological polar surface area (TPSA) is 59.6 Å². The van der Waals surface area contributed by atoms with Gasteiger partial charge in [0, 0.05) is 16.2 Å². The Balaban J connectivity index is 1.99. The number of methoxy groups -OCH3 is 1. The van der Waals surface area contributed by atoms with Crippen LogP contribution >= 0.6 is 15.9 Å². The van der Waals surface area contributed by atoms with E-state index in [0.29, 0.717) is 11.4 Å². The number of carbonyl (C=O) groups excluding carboxylic acids is 1. The van der Waals surface area contributed by atoms with E-state index in [2.05, 4.69) is 31.3 Å². The van der Waals surface area contributed by atoms with E-state index in [-0.39, 0.29) is 24.0 Å². The average Bonchev–Trinajstić information content (AvgIpc) is 2.55. The minimum absolute atomic E-state index is 0.0409. The van der Waals surface area contributed by atoms with Crippen molar-refractivity contribution >= 4 is 33.2 Å². The Labute approximate surface area is 152 Å². The zero-order chi connectivity index (χ0) is 18.4. The van der Waals surface area contributed by atoms with Crippen LogP contribution in [0.1, 0.15) is 5.56 Å². The second-order valence-corrected chi connectivity index (χ2v) is 5.98. The Morgan fingerprint density at radius 3 is 2.60 bits per heavy atom. The molecular weight excluding hydrogens is 398 g/mol. The number of hydrogen-bond acceptors (Lipinski definition) is 4. The summed E-state index contributed by atoms with van der Waals surface area (Å²) >= 11 is 3.38. The number of halogens is 3. The summed E-state index contributed by atoms with van der Waals surface area (Å²) in [6.45, 7) is -1.06. The van der Waals surface area contributed by atoms with Crippen LogP contribution in [-0.2, 0) is 4.79 Å². The van der Waals surface area contributed by atoms with Crippen molar-refractivity contribution in [1.82, 2.24) is 0 Å². The highest BCUT2D eigenvalue weighted by molar-refractivity contribution is 9.10. The van der Waals surface area contributed by atoms with Gasteiger partial charge in [0.15, 0.2) is 11.5 Å². The highest BCUT2D eigenvalue weighted by atomic mass is 79.9. The van der Waals surface area contributed by atoms with Crippen LogP contribution in [0.15, 0.2) is 40.9 Å². The highest BCUT2D eigenvalue weighted by Crippen LogP contribution is 2.31. The Kier molecular flexibility index (Phi) is 6.58. The standard InChI is InChI=1S/C17H17BrF2N2O3/c1-10-3-5-13(12(18)7-10)22-16(23)9-21-11-4-6-14(24-2)15(8-11)25-17(19)20/h3-8,17,21H,9H2,1-2H3,(H,22,23). The molecule has 0 aliphatic heterocycles. The second kappa shape index (κ2) is 8.66. The molecule has 2 rings (SSSR count). The van der Waals surface area contributed by atoms with Crippen molar-refractivity contribution in [2.75, 3.05) is 24.3 Å². The van der Waals surface area contributed by atoms with Gasteiger partial charge in [-0.1, -0.05) is 6.07 Å². The van der Waals surface area contributed by atoms with Crippen LogP contribution in [0.5, 0.6) is 11.5 Å². The van der Waals surface area contributed by atoms with Crippen molar-refractivity contribution in [2.45, 2.75) is 13.5 Å². The first-order chi connectivity index (χ1) is 11.9. The number of aryl methyl sites for hydroxylation is 1. The average molecular weight is 415 g/mol. The van der Waals surface area contributed by atoms with Crippen molar-refractivity contribution in [2.24, 2.45) is 0 Å². The molecule has 25 heavy (non-hydrogen) atoms. The van der Waals surface area contributed by atoms with Crippen LogP contribution < -0.4 is 20.1 Å². The minimum atomic E-state index is -2.97. The number of ether oxygens (including phenoxy) is 2. The number of carbonyl (C=O) groups is 1. The van der Waals surface area contributed by atoms with Crippen LogP contribution in [0, 0.1) is 6.92 Å². The summed E-state index contributed by atoms with van der Waals surface area (Å²) in [6, 6.07) is 9.99. The molecule has 5 nitrogen and oxygen atoms in total. The summed E-state index contributed by atoms with van der Waals surface area (Å²) in [7, 11) is 1.35. The van der Waals surface area contributed by atoms with Gasteiger partial charge in [-0.2, -0.15) is 8.78 Å².